The Morgan fingerprint density at radius 3 is 2.36 bits per heavy atom. The molecule has 10 heteroatoms. The van der Waals surface area contributed by atoms with Crippen LogP contribution in [0.4, 0.5) is 5.69 Å². The van der Waals surface area contributed by atoms with Gasteiger partial charge in [-0.2, -0.15) is 0 Å². The monoisotopic (exact) mass is 528 g/mol. The highest BCUT2D eigenvalue weighted by atomic mass is 16.5. The molecule has 0 radical (unpaired) electrons. The minimum Gasteiger partial charge on any atom is -0.462 e. The summed E-state index contributed by atoms with van der Waals surface area (Å²) in [5.41, 5.74) is 2.20. The molecule has 0 aliphatic carbocycles. The van der Waals surface area contributed by atoms with Gasteiger partial charge in [0.05, 0.1) is 17.7 Å². The zero-order valence-corrected chi connectivity index (χ0v) is 22.5. The van der Waals surface area contributed by atoms with Crippen molar-refractivity contribution in [2.24, 2.45) is 0 Å². The molecule has 0 saturated heterocycles. The molecule has 4 aromatic rings. The SMILES string of the molecule is CCOC(=O)c1ccc(N(C(=O)Cn2nnc3ccccc32)[C@@H](C(=O)NC(C)(C)CC)c2ccncc2)cc1. The molecule has 4 rings (SSSR count). The summed E-state index contributed by atoms with van der Waals surface area (Å²) in [5.74, 6) is -1.20. The van der Waals surface area contributed by atoms with Crippen LogP contribution in [-0.2, 0) is 20.9 Å². The van der Waals surface area contributed by atoms with Crippen molar-refractivity contribution in [1.29, 1.82) is 0 Å². The number of aromatic nitrogens is 4. The van der Waals surface area contributed by atoms with Gasteiger partial charge < -0.3 is 10.1 Å². The van der Waals surface area contributed by atoms with Gasteiger partial charge in [-0.1, -0.05) is 24.3 Å². The lowest BCUT2D eigenvalue weighted by Crippen LogP contribution is -2.51. The highest BCUT2D eigenvalue weighted by Crippen LogP contribution is 2.30. The van der Waals surface area contributed by atoms with Gasteiger partial charge in [-0.05, 0) is 81.3 Å². The summed E-state index contributed by atoms with van der Waals surface area (Å²) in [6.45, 7) is 7.65. The molecule has 2 aromatic heterocycles. The predicted molar refractivity (Wildman–Crippen MR) is 147 cm³/mol. The van der Waals surface area contributed by atoms with Gasteiger partial charge in [0.1, 0.15) is 18.1 Å². The van der Waals surface area contributed by atoms with E-state index in [0.29, 0.717) is 34.3 Å². The van der Waals surface area contributed by atoms with Crippen molar-refractivity contribution >= 4 is 34.5 Å². The van der Waals surface area contributed by atoms with E-state index >= 15 is 0 Å². The smallest absolute Gasteiger partial charge is 0.338 e. The fourth-order valence-electron chi connectivity index (χ4n) is 4.10. The first-order chi connectivity index (χ1) is 18.7. The number of rotatable bonds is 10. The van der Waals surface area contributed by atoms with Crippen molar-refractivity contribution in [2.75, 3.05) is 11.5 Å². The van der Waals surface area contributed by atoms with Crippen LogP contribution in [0.5, 0.6) is 0 Å². The first-order valence-corrected chi connectivity index (χ1v) is 12.8. The standard InChI is InChI=1S/C29H32N6O4/c1-5-29(3,4)31-27(37)26(20-15-17-30-18-16-20)35(22-13-11-21(12-14-22)28(38)39-6-2)25(36)19-34-24-10-8-7-9-23(24)32-33-34/h7-18,26H,5-6,19H2,1-4H3,(H,31,37)/t26-/m1/s1. The zero-order valence-electron chi connectivity index (χ0n) is 22.5. The van der Waals surface area contributed by atoms with Crippen molar-refractivity contribution in [3.05, 3.63) is 84.2 Å². The molecule has 0 unspecified atom stereocenters. The van der Waals surface area contributed by atoms with E-state index in [0.717, 1.165) is 0 Å². The van der Waals surface area contributed by atoms with Crippen molar-refractivity contribution < 1.29 is 19.1 Å². The minimum atomic E-state index is -1.02. The Bertz CT molecular complexity index is 1450. The first kappa shape index (κ1) is 27.4. The number of ether oxygens (including phenoxy) is 1. The van der Waals surface area contributed by atoms with Gasteiger partial charge in [-0.3, -0.25) is 19.5 Å². The second kappa shape index (κ2) is 11.8. The van der Waals surface area contributed by atoms with Crippen molar-refractivity contribution in [1.82, 2.24) is 25.3 Å². The number of anilines is 1. The predicted octanol–water partition coefficient (Wildman–Crippen LogP) is 4.08. The van der Waals surface area contributed by atoms with Gasteiger partial charge in [0, 0.05) is 23.6 Å². The quantitative estimate of drug-likeness (QED) is 0.308. The van der Waals surface area contributed by atoms with Crippen LogP contribution < -0.4 is 10.2 Å². The Kier molecular flexibility index (Phi) is 8.33. The number of fused-ring (bicyclic) bond motifs is 1. The largest absolute Gasteiger partial charge is 0.462 e. The minimum absolute atomic E-state index is 0.161. The van der Waals surface area contributed by atoms with Crippen LogP contribution in [0, 0.1) is 0 Å². The summed E-state index contributed by atoms with van der Waals surface area (Å²) >= 11 is 0. The molecule has 1 N–H and O–H groups in total. The Morgan fingerprint density at radius 1 is 1.00 bits per heavy atom. The first-order valence-electron chi connectivity index (χ1n) is 12.8. The van der Waals surface area contributed by atoms with Crippen LogP contribution in [0.2, 0.25) is 0 Å². The lowest BCUT2D eigenvalue weighted by molar-refractivity contribution is -0.128. The molecule has 0 aliphatic heterocycles. The average molecular weight is 529 g/mol. The second-order valence-electron chi connectivity index (χ2n) is 9.68. The second-order valence-corrected chi connectivity index (χ2v) is 9.68. The van der Waals surface area contributed by atoms with Gasteiger partial charge in [-0.25, -0.2) is 9.48 Å². The summed E-state index contributed by atoms with van der Waals surface area (Å²) in [4.78, 5) is 45.7. The number of benzene rings is 2. The summed E-state index contributed by atoms with van der Waals surface area (Å²) in [5, 5.41) is 11.4. The van der Waals surface area contributed by atoms with E-state index in [-0.39, 0.29) is 25.0 Å². The van der Waals surface area contributed by atoms with Gasteiger partial charge in [0.15, 0.2) is 0 Å². The highest BCUT2D eigenvalue weighted by Gasteiger charge is 2.35. The average Bonchev–Trinajstić information content (AvgIpc) is 3.34. The molecular weight excluding hydrogens is 496 g/mol. The van der Waals surface area contributed by atoms with Gasteiger partial charge >= 0.3 is 5.97 Å². The van der Waals surface area contributed by atoms with Crippen LogP contribution in [0.1, 0.15) is 56.1 Å². The topological polar surface area (TPSA) is 119 Å². The third kappa shape index (κ3) is 6.28. The van der Waals surface area contributed by atoms with Crippen LogP contribution in [0.3, 0.4) is 0 Å². The van der Waals surface area contributed by atoms with E-state index in [2.05, 4.69) is 20.6 Å². The molecule has 1 atom stereocenters. The normalized spacial score (nSPS) is 12.1. The fourth-order valence-corrected chi connectivity index (χ4v) is 4.10. The molecule has 0 fully saturated rings. The molecular formula is C29H32N6O4. The Labute approximate surface area is 227 Å². The number of esters is 1. The third-order valence-electron chi connectivity index (χ3n) is 6.50. The number of carbonyl (C=O) groups is 3. The highest BCUT2D eigenvalue weighted by molar-refractivity contribution is 6.02. The number of hydrogen-bond acceptors (Lipinski definition) is 7. The Hall–Kier alpha value is -4.60. The summed E-state index contributed by atoms with van der Waals surface area (Å²) in [6, 6.07) is 16.2. The summed E-state index contributed by atoms with van der Waals surface area (Å²) < 4.78 is 6.61. The maximum absolute atomic E-state index is 14.1. The summed E-state index contributed by atoms with van der Waals surface area (Å²) in [6.07, 6.45) is 3.85. The van der Waals surface area contributed by atoms with Gasteiger partial charge in [0.2, 0.25) is 11.8 Å². The molecule has 39 heavy (non-hydrogen) atoms. The van der Waals surface area contributed by atoms with E-state index < -0.39 is 17.6 Å². The number of nitrogens with zero attached hydrogens (tertiary/aromatic N) is 5. The molecule has 2 heterocycles. The van der Waals surface area contributed by atoms with Crippen LogP contribution in [0.15, 0.2) is 73.1 Å². The molecule has 0 aliphatic rings. The lowest BCUT2D eigenvalue weighted by Gasteiger charge is -2.34. The molecule has 0 bridgehead atoms. The van der Waals surface area contributed by atoms with E-state index in [4.69, 9.17) is 4.74 Å². The van der Waals surface area contributed by atoms with Gasteiger partial charge in [0.25, 0.3) is 0 Å². The maximum Gasteiger partial charge on any atom is 0.338 e. The zero-order chi connectivity index (χ0) is 28.0. The molecule has 2 aromatic carbocycles. The maximum atomic E-state index is 14.1. The number of nitrogens with one attached hydrogen (secondary N) is 1. The van der Waals surface area contributed by atoms with E-state index in [1.54, 1.807) is 55.7 Å². The molecule has 0 saturated carbocycles. The molecule has 10 nitrogen and oxygen atoms in total. The third-order valence-corrected chi connectivity index (χ3v) is 6.50. The summed E-state index contributed by atoms with van der Waals surface area (Å²) in [7, 11) is 0. The van der Waals surface area contributed by atoms with Crippen molar-refractivity contribution in [3.63, 3.8) is 0 Å². The Balaban J connectivity index is 1.80. The van der Waals surface area contributed by atoms with Gasteiger partial charge in [-0.15, -0.1) is 5.10 Å². The fraction of sp³-hybridized carbons (Fsp3) is 0.310. The number of carbonyl (C=O) groups excluding carboxylic acids is 3. The van der Waals surface area contributed by atoms with Crippen LogP contribution in [0.25, 0.3) is 11.0 Å². The molecule has 2 amide bonds. The number of amides is 2. The number of para-hydroxylation sites is 1. The molecule has 202 valence electrons. The van der Waals surface area contributed by atoms with Crippen LogP contribution >= 0.6 is 0 Å². The number of hydrogen-bond donors (Lipinski definition) is 1. The van der Waals surface area contributed by atoms with E-state index in [1.807, 2.05) is 45.0 Å². The van der Waals surface area contributed by atoms with Crippen molar-refractivity contribution in [2.45, 2.75) is 52.2 Å². The van der Waals surface area contributed by atoms with Crippen LogP contribution in [-0.4, -0.2) is 49.9 Å². The molecule has 0 spiro atoms. The Morgan fingerprint density at radius 2 is 1.69 bits per heavy atom. The van der Waals surface area contributed by atoms with E-state index in [1.165, 1.54) is 9.58 Å². The lowest BCUT2D eigenvalue weighted by atomic mass is 9.98. The van der Waals surface area contributed by atoms with E-state index in [9.17, 15) is 14.4 Å². The van der Waals surface area contributed by atoms with Crippen molar-refractivity contribution in [3.8, 4) is 0 Å². The number of pyridine rings is 1.